The Labute approximate surface area is 269 Å². The van der Waals surface area contributed by atoms with Gasteiger partial charge in [0.05, 0.1) is 31.0 Å². The van der Waals surface area contributed by atoms with Crippen molar-refractivity contribution >= 4 is 46.7 Å². The van der Waals surface area contributed by atoms with Crippen LogP contribution in [0.25, 0.3) is 0 Å². The molecule has 2 heterocycles. The molecule has 238 valence electrons. The molecule has 45 heavy (non-hydrogen) atoms. The van der Waals surface area contributed by atoms with E-state index in [4.69, 9.17) is 37.4 Å². The Balaban J connectivity index is 1.67. The van der Waals surface area contributed by atoms with Crippen molar-refractivity contribution in [1.82, 2.24) is 5.32 Å². The predicted octanol–water partition coefficient (Wildman–Crippen LogP) is 6.62. The fourth-order valence-corrected chi connectivity index (χ4v) is 6.74. The summed E-state index contributed by atoms with van der Waals surface area (Å²) >= 11 is 12.5. The molecule has 2 N–H and O–H groups in total. The number of halogens is 4. The van der Waals surface area contributed by atoms with E-state index in [2.05, 4.69) is 10.6 Å². The number of hydrogen-bond donors (Lipinski definition) is 2. The minimum Gasteiger partial charge on any atom is -0.493 e. The summed E-state index contributed by atoms with van der Waals surface area (Å²) in [6.07, 6.45) is 0.0962. The number of alkyl halides is 1. The first-order valence-corrected chi connectivity index (χ1v) is 15.1. The van der Waals surface area contributed by atoms with Crippen molar-refractivity contribution in [3.05, 3.63) is 87.2 Å². The van der Waals surface area contributed by atoms with E-state index in [0.717, 1.165) is 0 Å². The van der Waals surface area contributed by atoms with Gasteiger partial charge in [0, 0.05) is 22.7 Å². The Hall–Kier alpha value is -3.73. The monoisotopic (exact) mass is 660 g/mol. The molecule has 4 atom stereocenters. The largest absolute Gasteiger partial charge is 0.493 e. The first-order chi connectivity index (χ1) is 21.4. The van der Waals surface area contributed by atoms with E-state index in [9.17, 15) is 18.8 Å². The number of amides is 1. The molecule has 0 aliphatic carbocycles. The summed E-state index contributed by atoms with van der Waals surface area (Å²) in [7, 11) is 1.34. The van der Waals surface area contributed by atoms with Crippen LogP contribution in [0.1, 0.15) is 54.6 Å². The summed E-state index contributed by atoms with van der Waals surface area (Å²) in [5.74, 6) is -3.92. The molecule has 2 aliphatic heterocycles. The number of rotatable bonds is 9. The van der Waals surface area contributed by atoms with Gasteiger partial charge >= 0.3 is 11.9 Å². The van der Waals surface area contributed by atoms with Gasteiger partial charge in [0.25, 0.3) is 0 Å². The molecule has 0 saturated carbocycles. The normalized spacial score (nSPS) is 22.2. The average Bonchev–Trinajstić information content (AvgIpc) is 3.48. The Morgan fingerprint density at radius 2 is 1.82 bits per heavy atom. The number of benzene rings is 3. The molecule has 0 radical (unpaired) electrons. The highest BCUT2D eigenvalue weighted by Crippen LogP contribution is 2.57. The quantitative estimate of drug-likeness (QED) is 0.196. The van der Waals surface area contributed by atoms with Gasteiger partial charge in [0.1, 0.15) is 17.3 Å². The van der Waals surface area contributed by atoms with E-state index in [-0.39, 0.29) is 40.7 Å². The SMILES string of the molecule is CCOC(=O)c1ccc(OC(=O)[C@@H]2N[C@@H](CC(C)(C)CF)[C@@]3(C(=O)Nc4cc(Cl)ccc43)[C@H]2c2cccc(Cl)c2F)c(OC)c1. The third-order valence-corrected chi connectivity index (χ3v) is 8.91. The zero-order chi connectivity index (χ0) is 32.7. The maximum Gasteiger partial charge on any atom is 0.338 e. The van der Waals surface area contributed by atoms with Crippen LogP contribution in [0.5, 0.6) is 11.5 Å². The molecule has 0 aromatic heterocycles. The molecule has 2 aliphatic rings. The highest BCUT2D eigenvalue weighted by atomic mass is 35.5. The van der Waals surface area contributed by atoms with Gasteiger partial charge in [-0.25, -0.2) is 14.0 Å². The molecular formula is C33H32Cl2F2N2O6. The highest BCUT2D eigenvalue weighted by molar-refractivity contribution is 6.31. The maximum atomic E-state index is 16.0. The van der Waals surface area contributed by atoms with Crippen molar-refractivity contribution in [2.75, 3.05) is 25.7 Å². The van der Waals surface area contributed by atoms with E-state index >= 15 is 4.39 Å². The Morgan fingerprint density at radius 3 is 2.51 bits per heavy atom. The lowest BCUT2D eigenvalue weighted by molar-refractivity contribution is -0.137. The smallest absolute Gasteiger partial charge is 0.338 e. The molecular weight excluding hydrogens is 629 g/mol. The van der Waals surface area contributed by atoms with Gasteiger partial charge in [-0.3, -0.25) is 14.5 Å². The lowest BCUT2D eigenvalue weighted by Gasteiger charge is -2.38. The molecule has 3 aromatic carbocycles. The molecule has 1 amide bonds. The van der Waals surface area contributed by atoms with E-state index in [1.807, 2.05) is 0 Å². The minimum absolute atomic E-state index is 0.0000728. The van der Waals surface area contributed by atoms with Gasteiger partial charge < -0.3 is 19.5 Å². The first kappa shape index (κ1) is 32.7. The lowest BCUT2D eigenvalue weighted by atomic mass is 9.62. The number of methoxy groups -OCH3 is 1. The summed E-state index contributed by atoms with van der Waals surface area (Å²) in [6.45, 7) is 4.53. The van der Waals surface area contributed by atoms with Crippen LogP contribution in [-0.2, 0) is 19.7 Å². The van der Waals surface area contributed by atoms with E-state index < -0.39 is 59.2 Å². The van der Waals surface area contributed by atoms with Crippen LogP contribution >= 0.6 is 23.2 Å². The van der Waals surface area contributed by atoms with Crippen LogP contribution in [0.4, 0.5) is 14.5 Å². The minimum atomic E-state index is -1.60. The van der Waals surface area contributed by atoms with Gasteiger partial charge in [-0.2, -0.15) is 0 Å². The topological polar surface area (TPSA) is 103 Å². The third kappa shape index (κ3) is 5.75. The molecule has 1 saturated heterocycles. The van der Waals surface area contributed by atoms with Gasteiger partial charge in [-0.05, 0) is 66.3 Å². The highest BCUT2D eigenvalue weighted by Gasteiger charge is 2.66. The molecule has 0 unspecified atom stereocenters. The fraction of sp³-hybridized carbons (Fsp3) is 0.364. The van der Waals surface area contributed by atoms with Crippen molar-refractivity contribution in [2.24, 2.45) is 5.41 Å². The Bertz CT molecular complexity index is 1670. The second-order valence-corrected chi connectivity index (χ2v) is 12.7. The number of nitrogens with one attached hydrogen (secondary N) is 2. The van der Waals surface area contributed by atoms with Gasteiger partial charge in [0.2, 0.25) is 5.91 Å². The van der Waals surface area contributed by atoms with Crippen molar-refractivity contribution in [2.45, 2.75) is 50.6 Å². The Kier molecular flexibility index (Phi) is 9.13. The zero-order valence-electron chi connectivity index (χ0n) is 25.0. The van der Waals surface area contributed by atoms with E-state index in [1.165, 1.54) is 43.5 Å². The van der Waals surface area contributed by atoms with E-state index in [0.29, 0.717) is 16.3 Å². The number of fused-ring (bicyclic) bond motifs is 2. The summed E-state index contributed by atoms with van der Waals surface area (Å²) < 4.78 is 46.5. The number of carbonyl (C=O) groups is 3. The molecule has 8 nitrogen and oxygen atoms in total. The van der Waals surface area contributed by atoms with Crippen LogP contribution in [-0.4, -0.2) is 50.3 Å². The molecule has 1 spiro atoms. The lowest BCUT2D eigenvalue weighted by Crippen LogP contribution is -2.50. The van der Waals surface area contributed by atoms with Crippen molar-refractivity contribution in [1.29, 1.82) is 0 Å². The van der Waals surface area contributed by atoms with Crippen LogP contribution in [0, 0.1) is 11.2 Å². The van der Waals surface area contributed by atoms with Crippen molar-refractivity contribution in [3.63, 3.8) is 0 Å². The molecule has 12 heteroatoms. The Morgan fingerprint density at radius 1 is 1.07 bits per heavy atom. The van der Waals surface area contributed by atoms with Gasteiger partial charge in [0.15, 0.2) is 11.5 Å². The summed E-state index contributed by atoms with van der Waals surface area (Å²) in [6, 6.07) is 11.2. The maximum absolute atomic E-state index is 16.0. The number of anilines is 1. The van der Waals surface area contributed by atoms with E-state index in [1.54, 1.807) is 39.0 Å². The standard InChI is InChI=1S/C33H32Cl2F2N2O6/c1-5-44-29(40)17-9-12-23(24(13-17)43-4)45-30(41)28-26(19-7-6-8-21(35)27(19)37)33(25(39-28)15-32(2,3)16-36)20-11-10-18(34)14-22(20)38-31(33)42/h6-14,25-26,28,39H,5,15-16H2,1-4H3,(H,38,42)/t25-,26-,28+,33+/m0/s1. The van der Waals surface area contributed by atoms with Crippen LogP contribution in [0.3, 0.4) is 0 Å². The summed E-state index contributed by atoms with van der Waals surface area (Å²) in [5, 5.41) is 6.26. The average molecular weight is 662 g/mol. The molecule has 1 fully saturated rings. The number of hydrogen-bond acceptors (Lipinski definition) is 7. The summed E-state index contributed by atoms with van der Waals surface area (Å²) in [5.41, 5.74) is -1.48. The van der Waals surface area contributed by atoms with Crippen LogP contribution in [0.2, 0.25) is 10.0 Å². The van der Waals surface area contributed by atoms with Crippen LogP contribution < -0.4 is 20.1 Å². The van der Waals surface area contributed by atoms with Crippen molar-refractivity contribution < 1.29 is 37.4 Å². The first-order valence-electron chi connectivity index (χ1n) is 14.3. The molecule has 0 bridgehead atoms. The number of ether oxygens (including phenoxy) is 3. The summed E-state index contributed by atoms with van der Waals surface area (Å²) in [4.78, 5) is 40.7. The fourth-order valence-electron chi connectivity index (χ4n) is 6.39. The molecule has 5 rings (SSSR count). The second-order valence-electron chi connectivity index (χ2n) is 11.8. The molecule has 3 aromatic rings. The number of esters is 2. The third-order valence-electron chi connectivity index (χ3n) is 8.38. The zero-order valence-corrected chi connectivity index (χ0v) is 26.5. The number of carbonyl (C=O) groups excluding carboxylic acids is 3. The van der Waals surface area contributed by atoms with Crippen LogP contribution in [0.15, 0.2) is 54.6 Å². The van der Waals surface area contributed by atoms with Crippen molar-refractivity contribution in [3.8, 4) is 11.5 Å². The van der Waals surface area contributed by atoms with Gasteiger partial charge in [-0.15, -0.1) is 0 Å². The van der Waals surface area contributed by atoms with Gasteiger partial charge in [-0.1, -0.05) is 55.2 Å². The second kappa shape index (κ2) is 12.6. The predicted molar refractivity (Wildman–Crippen MR) is 166 cm³/mol.